The number of carbonyl (C=O) groups is 2. The van der Waals surface area contributed by atoms with Gasteiger partial charge in [0.05, 0.1) is 6.04 Å². The summed E-state index contributed by atoms with van der Waals surface area (Å²) in [6, 6.07) is 8.97. The molecule has 3 amide bonds. The van der Waals surface area contributed by atoms with Crippen LogP contribution in [0.2, 0.25) is 0 Å². The quantitative estimate of drug-likeness (QED) is 0.431. The Kier molecular flexibility index (Phi) is 6.66. The standard InChI is InChI=1S/C20H29N5O5/c1-20(2,3)29-18(26)23-30-17(22-21-4)16-11-10-15-12-24(16)19(27)25(15)28-13-14-8-6-5-7-9-14/h5-9,15-16,21H,10-13H2,1-4H3,(H,23,26)/b22-17-/t15-,16-/m0/s1. The Morgan fingerprint density at radius 2 is 1.97 bits per heavy atom. The molecule has 2 bridgehead atoms. The fourth-order valence-corrected chi connectivity index (χ4v) is 3.44. The second-order valence-corrected chi connectivity index (χ2v) is 8.15. The number of fused-ring (bicyclic) bond motifs is 2. The minimum Gasteiger partial charge on any atom is -0.442 e. The van der Waals surface area contributed by atoms with E-state index in [0.29, 0.717) is 19.6 Å². The Balaban J connectivity index is 1.61. The number of benzene rings is 1. The van der Waals surface area contributed by atoms with Crippen LogP contribution in [0, 0.1) is 0 Å². The Morgan fingerprint density at radius 1 is 1.23 bits per heavy atom. The number of piperidine rings is 1. The highest BCUT2D eigenvalue weighted by molar-refractivity contribution is 5.89. The molecule has 0 unspecified atom stereocenters. The molecule has 2 saturated heterocycles. The first-order valence-electron chi connectivity index (χ1n) is 9.95. The number of carbonyl (C=O) groups excluding carboxylic acids is 2. The predicted molar refractivity (Wildman–Crippen MR) is 109 cm³/mol. The van der Waals surface area contributed by atoms with Crippen molar-refractivity contribution in [3.63, 3.8) is 0 Å². The van der Waals surface area contributed by atoms with E-state index in [1.54, 1.807) is 32.7 Å². The lowest BCUT2D eigenvalue weighted by molar-refractivity contribution is -0.140. The fourth-order valence-electron chi connectivity index (χ4n) is 3.44. The average molecular weight is 419 g/mol. The SMILES string of the molecule is CN/N=C(\ONC(=O)OC(C)(C)C)[C@@H]1CC[C@H]2CN1C(=O)N2OCc1ccccc1. The Morgan fingerprint density at radius 3 is 2.63 bits per heavy atom. The van der Waals surface area contributed by atoms with Crippen molar-refractivity contribution in [2.24, 2.45) is 5.10 Å². The summed E-state index contributed by atoms with van der Waals surface area (Å²) in [4.78, 5) is 37.7. The third-order valence-electron chi connectivity index (χ3n) is 4.68. The van der Waals surface area contributed by atoms with Gasteiger partial charge in [-0.2, -0.15) is 10.5 Å². The summed E-state index contributed by atoms with van der Waals surface area (Å²) in [5, 5.41) is 5.54. The predicted octanol–water partition coefficient (Wildman–Crippen LogP) is 2.38. The van der Waals surface area contributed by atoms with E-state index in [0.717, 1.165) is 12.0 Å². The highest BCUT2D eigenvalue weighted by Gasteiger charge is 2.48. The highest BCUT2D eigenvalue weighted by Crippen LogP contribution is 2.31. The van der Waals surface area contributed by atoms with Gasteiger partial charge in [-0.25, -0.2) is 9.59 Å². The number of hydrogen-bond acceptors (Lipinski definition) is 7. The maximum Gasteiger partial charge on any atom is 0.441 e. The molecule has 2 atom stereocenters. The number of hydroxylamine groups is 3. The van der Waals surface area contributed by atoms with E-state index in [4.69, 9.17) is 14.4 Å². The summed E-state index contributed by atoms with van der Waals surface area (Å²) in [7, 11) is 1.61. The van der Waals surface area contributed by atoms with Crippen molar-refractivity contribution in [2.75, 3.05) is 13.6 Å². The van der Waals surface area contributed by atoms with E-state index in [9.17, 15) is 9.59 Å². The second kappa shape index (κ2) is 9.21. The molecule has 164 valence electrons. The Hall–Kier alpha value is -3.01. The average Bonchev–Trinajstić information content (AvgIpc) is 2.94. The molecule has 0 radical (unpaired) electrons. The summed E-state index contributed by atoms with van der Waals surface area (Å²) in [6.45, 7) is 6.07. The lowest BCUT2D eigenvalue weighted by Crippen LogP contribution is -2.48. The molecule has 2 fully saturated rings. The molecule has 2 aliphatic heterocycles. The third-order valence-corrected chi connectivity index (χ3v) is 4.68. The number of nitrogens with one attached hydrogen (secondary N) is 2. The van der Waals surface area contributed by atoms with Gasteiger partial charge in [0.2, 0.25) is 0 Å². The number of rotatable bonds is 5. The summed E-state index contributed by atoms with van der Waals surface area (Å²) < 4.78 is 5.17. The van der Waals surface area contributed by atoms with Crippen molar-refractivity contribution in [1.82, 2.24) is 20.9 Å². The van der Waals surface area contributed by atoms with E-state index >= 15 is 0 Å². The summed E-state index contributed by atoms with van der Waals surface area (Å²) in [6.07, 6.45) is 0.610. The van der Waals surface area contributed by atoms with Crippen molar-refractivity contribution < 1.29 is 24.0 Å². The number of ether oxygens (including phenoxy) is 1. The lowest BCUT2D eigenvalue weighted by Gasteiger charge is -2.30. The highest BCUT2D eigenvalue weighted by atomic mass is 16.7. The van der Waals surface area contributed by atoms with Crippen LogP contribution in [0.4, 0.5) is 9.59 Å². The molecule has 0 spiro atoms. The zero-order chi connectivity index (χ0) is 21.7. The van der Waals surface area contributed by atoms with Gasteiger partial charge in [-0.15, -0.1) is 5.10 Å². The van der Waals surface area contributed by atoms with E-state index in [2.05, 4.69) is 16.0 Å². The molecule has 30 heavy (non-hydrogen) atoms. The largest absolute Gasteiger partial charge is 0.442 e. The van der Waals surface area contributed by atoms with Gasteiger partial charge in [0.1, 0.15) is 18.2 Å². The molecule has 0 aromatic heterocycles. The maximum absolute atomic E-state index is 12.9. The Bertz CT molecular complexity index is 780. The molecule has 2 heterocycles. The van der Waals surface area contributed by atoms with Crippen LogP contribution in [0.3, 0.4) is 0 Å². The summed E-state index contributed by atoms with van der Waals surface area (Å²) >= 11 is 0. The smallest absolute Gasteiger partial charge is 0.441 e. The molecule has 10 nitrogen and oxygen atoms in total. The van der Waals surface area contributed by atoms with E-state index in [1.165, 1.54) is 5.06 Å². The zero-order valence-electron chi connectivity index (χ0n) is 17.8. The van der Waals surface area contributed by atoms with Gasteiger partial charge in [-0.1, -0.05) is 30.3 Å². The molecule has 0 saturated carbocycles. The van der Waals surface area contributed by atoms with Crippen LogP contribution in [0.5, 0.6) is 0 Å². The molecular weight excluding hydrogens is 390 g/mol. The van der Waals surface area contributed by atoms with Crippen LogP contribution >= 0.6 is 0 Å². The number of amides is 3. The molecule has 1 aromatic rings. The third kappa shape index (κ3) is 5.32. The number of hydrogen-bond donors (Lipinski definition) is 2. The van der Waals surface area contributed by atoms with Crippen LogP contribution in [-0.2, 0) is 21.0 Å². The number of hydrazone groups is 1. The number of urea groups is 1. The van der Waals surface area contributed by atoms with Crippen molar-refractivity contribution >= 4 is 18.0 Å². The van der Waals surface area contributed by atoms with Gasteiger partial charge in [0.15, 0.2) is 0 Å². The second-order valence-electron chi connectivity index (χ2n) is 8.15. The maximum atomic E-state index is 12.9. The van der Waals surface area contributed by atoms with Gasteiger partial charge in [-0.05, 0) is 39.2 Å². The normalized spacial score (nSPS) is 21.5. The lowest BCUT2D eigenvalue weighted by atomic mass is 10.0. The van der Waals surface area contributed by atoms with Crippen molar-refractivity contribution in [2.45, 2.75) is 57.9 Å². The molecule has 3 rings (SSSR count). The summed E-state index contributed by atoms with van der Waals surface area (Å²) in [5.41, 5.74) is 5.22. The topological polar surface area (TPSA) is 105 Å². The van der Waals surface area contributed by atoms with Crippen LogP contribution in [0.15, 0.2) is 35.4 Å². The van der Waals surface area contributed by atoms with Crippen LogP contribution in [-0.4, -0.2) is 59.3 Å². The van der Waals surface area contributed by atoms with E-state index < -0.39 is 17.7 Å². The van der Waals surface area contributed by atoms with Gasteiger partial charge in [-0.3, -0.25) is 4.84 Å². The van der Waals surface area contributed by atoms with Gasteiger partial charge < -0.3 is 19.9 Å². The Labute approximate surface area is 176 Å². The van der Waals surface area contributed by atoms with Crippen molar-refractivity contribution in [1.29, 1.82) is 0 Å². The molecule has 2 aliphatic rings. The molecular formula is C20H29N5O5. The first-order valence-corrected chi connectivity index (χ1v) is 9.95. The van der Waals surface area contributed by atoms with Crippen LogP contribution in [0.25, 0.3) is 0 Å². The van der Waals surface area contributed by atoms with Gasteiger partial charge >= 0.3 is 12.1 Å². The molecule has 1 aromatic carbocycles. The monoisotopic (exact) mass is 419 g/mol. The molecule has 10 heteroatoms. The minimum atomic E-state index is -0.736. The first-order chi connectivity index (χ1) is 14.3. The fraction of sp³-hybridized carbons (Fsp3) is 0.550. The van der Waals surface area contributed by atoms with Crippen LogP contribution < -0.4 is 10.9 Å². The van der Waals surface area contributed by atoms with Gasteiger partial charge in [0, 0.05) is 13.6 Å². The molecule has 0 aliphatic carbocycles. The minimum absolute atomic E-state index is 0.0351. The van der Waals surface area contributed by atoms with Gasteiger partial charge in [0.25, 0.3) is 5.90 Å². The number of nitrogens with zero attached hydrogens (tertiary/aromatic N) is 3. The molecule has 2 N–H and O–H groups in total. The van der Waals surface area contributed by atoms with Crippen LogP contribution in [0.1, 0.15) is 39.2 Å². The first kappa shape index (κ1) is 21.7. The van der Waals surface area contributed by atoms with E-state index in [-0.39, 0.29) is 18.0 Å². The van der Waals surface area contributed by atoms with E-state index in [1.807, 2.05) is 30.3 Å². The zero-order valence-corrected chi connectivity index (χ0v) is 17.8. The van der Waals surface area contributed by atoms with Crippen molar-refractivity contribution in [3.05, 3.63) is 35.9 Å². The van der Waals surface area contributed by atoms with Crippen molar-refractivity contribution in [3.8, 4) is 0 Å². The summed E-state index contributed by atoms with van der Waals surface area (Å²) in [5.74, 6) is 0.181.